The molecule has 1 fully saturated rings. The molecule has 1 aliphatic rings. The number of ether oxygens (including phenoxy) is 1. The minimum atomic E-state index is -0.962. The maximum absolute atomic E-state index is 10.7. The van der Waals surface area contributed by atoms with E-state index in [4.69, 9.17) is 15.6 Å². The first-order valence-corrected chi connectivity index (χ1v) is 8.07. The van der Waals surface area contributed by atoms with Crippen molar-refractivity contribution in [2.24, 2.45) is 0 Å². The summed E-state index contributed by atoms with van der Waals surface area (Å²) in [5.41, 5.74) is 8.96. The van der Waals surface area contributed by atoms with Crippen LogP contribution in [-0.4, -0.2) is 53.8 Å². The zero-order chi connectivity index (χ0) is 17.1. The van der Waals surface area contributed by atoms with E-state index in [-0.39, 0.29) is 6.04 Å². The topological polar surface area (TPSA) is 106 Å². The standard InChI is InChI=1S/C16H23N5O3/c1-24-7-6-21-14-9-15(13(17)8-11(14)10-18-21)20-4-2-12(3-5-20)19-16(22)23/h8-10,12,19H,2-7,17H2,1H3,(H,22,23). The second-order valence-corrected chi connectivity index (χ2v) is 6.04. The van der Waals surface area contributed by atoms with Gasteiger partial charge >= 0.3 is 6.09 Å². The molecular formula is C16H23N5O3. The fraction of sp³-hybridized carbons (Fsp3) is 0.500. The number of amides is 1. The highest BCUT2D eigenvalue weighted by Gasteiger charge is 2.22. The summed E-state index contributed by atoms with van der Waals surface area (Å²) in [4.78, 5) is 13.0. The summed E-state index contributed by atoms with van der Waals surface area (Å²) < 4.78 is 7.04. The smallest absolute Gasteiger partial charge is 0.404 e. The fourth-order valence-electron chi connectivity index (χ4n) is 3.20. The van der Waals surface area contributed by atoms with E-state index in [1.165, 1.54) is 0 Å². The highest BCUT2D eigenvalue weighted by atomic mass is 16.5. The molecule has 0 bridgehead atoms. The molecule has 1 saturated heterocycles. The number of fused-ring (bicyclic) bond motifs is 1. The summed E-state index contributed by atoms with van der Waals surface area (Å²) in [6, 6.07) is 4.02. The van der Waals surface area contributed by atoms with Gasteiger partial charge in [0.15, 0.2) is 0 Å². The number of carboxylic acid groups (broad SMARTS) is 1. The zero-order valence-electron chi connectivity index (χ0n) is 13.7. The number of benzene rings is 1. The number of anilines is 2. The lowest BCUT2D eigenvalue weighted by molar-refractivity contribution is 0.185. The number of carbonyl (C=O) groups is 1. The van der Waals surface area contributed by atoms with Crippen LogP contribution in [0.2, 0.25) is 0 Å². The Morgan fingerprint density at radius 1 is 1.46 bits per heavy atom. The summed E-state index contributed by atoms with van der Waals surface area (Å²) in [7, 11) is 1.67. The molecule has 0 spiro atoms. The van der Waals surface area contributed by atoms with E-state index >= 15 is 0 Å². The van der Waals surface area contributed by atoms with Crippen molar-refractivity contribution in [2.75, 3.05) is 37.4 Å². The van der Waals surface area contributed by atoms with Crippen LogP contribution in [0.4, 0.5) is 16.2 Å². The first-order valence-electron chi connectivity index (χ1n) is 8.07. The van der Waals surface area contributed by atoms with E-state index in [2.05, 4.69) is 21.4 Å². The number of rotatable bonds is 5. The Balaban J connectivity index is 1.79. The van der Waals surface area contributed by atoms with Crippen molar-refractivity contribution < 1.29 is 14.6 Å². The molecule has 1 aromatic heterocycles. The van der Waals surface area contributed by atoms with Crippen LogP contribution in [-0.2, 0) is 11.3 Å². The SMILES string of the molecule is COCCn1ncc2cc(N)c(N3CCC(NC(=O)O)CC3)cc21. The minimum Gasteiger partial charge on any atom is -0.465 e. The van der Waals surface area contributed by atoms with E-state index in [0.29, 0.717) is 13.2 Å². The highest BCUT2D eigenvalue weighted by Crippen LogP contribution is 2.31. The Morgan fingerprint density at radius 2 is 2.21 bits per heavy atom. The van der Waals surface area contributed by atoms with Crippen LogP contribution in [0.15, 0.2) is 18.3 Å². The Hall–Kier alpha value is -2.48. The normalized spacial score (nSPS) is 15.8. The van der Waals surface area contributed by atoms with Gasteiger partial charge in [0.05, 0.1) is 36.2 Å². The van der Waals surface area contributed by atoms with Crippen LogP contribution in [0.3, 0.4) is 0 Å². The second-order valence-electron chi connectivity index (χ2n) is 6.04. The van der Waals surface area contributed by atoms with Crippen LogP contribution < -0.4 is 16.0 Å². The summed E-state index contributed by atoms with van der Waals surface area (Å²) in [6.45, 7) is 2.83. The Kier molecular flexibility index (Phi) is 4.75. The Labute approximate surface area is 140 Å². The molecule has 8 nitrogen and oxygen atoms in total. The molecule has 1 amide bonds. The minimum absolute atomic E-state index is 0.0101. The predicted molar refractivity (Wildman–Crippen MR) is 92.4 cm³/mol. The fourth-order valence-corrected chi connectivity index (χ4v) is 3.20. The third-order valence-electron chi connectivity index (χ3n) is 4.46. The van der Waals surface area contributed by atoms with Crippen LogP contribution in [0, 0.1) is 0 Å². The number of aromatic nitrogens is 2. The van der Waals surface area contributed by atoms with Gasteiger partial charge in [-0.1, -0.05) is 0 Å². The van der Waals surface area contributed by atoms with Gasteiger partial charge in [0.2, 0.25) is 0 Å². The van der Waals surface area contributed by atoms with Crippen molar-refractivity contribution in [1.82, 2.24) is 15.1 Å². The van der Waals surface area contributed by atoms with E-state index in [9.17, 15) is 4.79 Å². The highest BCUT2D eigenvalue weighted by molar-refractivity contribution is 5.89. The van der Waals surface area contributed by atoms with Gasteiger partial charge in [-0.15, -0.1) is 0 Å². The largest absolute Gasteiger partial charge is 0.465 e. The average Bonchev–Trinajstić information content (AvgIpc) is 2.94. The third-order valence-corrected chi connectivity index (χ3v) is 4.46. The van der Waals surface area contributed by atoms with Crippen LogP contribution in [0.25, 0.3) is 10.9 Å². The molecule has 1 aromatic carbocycles. The zero-order valence-corrected chi connectivity index (χ0v) is 13.7. The molecule has 0 atom stereocenters. The number of piperidine rings is 1. The lowest BCUT2D eigenvalue weighted by atomic mass is 10.0. The van der Waals surface area contributed by atoms with Crippen molar-refractivity contribution in [3.05, 3.63) is 18.3 Å². The van der Waals surface area contributed by atoms with Gasteiger partial charge in [-0.3, -0.25) is 4.68 Å². The molecule has 0 saturated carbocycles. The van der Waals surface area contributed by atoms with E-state index in [0.717, 1.165) is 48.2 Å². The molecule has 2 aromatic rings. The monoisotopic (exact) mass is 333 g/mol. The predicted octanol–water partition coefficient (Wildman–Crippen LogP) is 1.50. The molecule has 24 heavy (non-hydrogen) atoms. The molecule has 8 heteroatoms. The van der Waals surface area contributed by atoms with Gasteiger partial charge < -0.3 is 25.8 Å². The van der Waals surface area contributed by atoms with Gasteiger partial charge in [0.25, 0.3) is 0 Å². The molecule has 3 rings (SSSR count). The van der Waals surface area contributed by atoms with Gasteiger partial charge in [-0.2, -0.15) is 5.10 Å². The summed E-state index contributed by atoms with van der Waals surface area (Å²) in [5, 5.41) is 16.8. The number of methoxy groups -OCH3 is 1. The molecule has 130 valence electrons. The van der Waals surface area contributed by atoms with E-state index in [1.54, 1.807) is 7.11 Å². The number of hydrogen-bond donors (Lipinski definition) is 3. The molecular weight excluding hydrogens is 310 g/mol. The lowest BCUT2D eigenvalue weighted by Crippen LogP contribution is -2.44. The summed E-state index contributed by atoms with van der Waals surface area (Å²) in [5.74, 6) is 0. The van der Waals surface area contributed by atoms with Crippen molar-refractivity contribution >= 4 is 28.4 Å². The Morgan fingerprint density at radius 3 is 2.88 bits per heavy atom. The van der Waals surface area contributed by atoms with Gasteiger partial charge in [0.1, 0.15) is 0 Å². The first kappa shape index (κ1) is 16.4. The maximum atomic E-state index is 10.7. The lowest BCUT2D eigenvalue weighted by Gasteiger charge is -2.34. The number of nitrogens with two attached hydrogens (primary N) is 1. The van der Waals surface area contributed by atoms with E-state index in [1.807, 2.05) is 16.9 Å². The van der Waals surface area contributed by atoms with Crippen molar-refractivity contribution in [2.45, 2.75) is 25.4 Å². The number of hydrogen-bond acceptors (Lipinski definition) is 5. The van der Waals surface area contributed by atoms with E-state index < -0.39 is 6.09 Å². The second kappa shape index (κ2) is 6.96. The number of nitrogens with zero attached hydrogens (tertiary/aromatic N) is 3. The van der Waals surface area contributed by atoms with Crippen LogP contribution >= 0.6 is 0 Å². The van der Waals surface area contributed by atoms with Crippen molar-refractivity contribution in [3.63, 3.8) is 0 Å². The number of nitrogen functional groups attached to an aromatic ring is 1. The van der Waals surface area contributed by atoms with Crippen molar-refractivity contribution in [1.29, 1.82) is 0 Å². The molecule has 4 N–H and O–H groups in total. The molecule has 0 aliphatic carbocycles. The van der Waals surface area contributed by atoms with Gasteiger partial charge in [-0.05, 0) is 25.0 Å². The van der Waals surface area contributed by atoms with Crippen LogP contribution in [0.1, 0.15) is 12.8 Å². The average molecular weight is 333 g/mol. The van der Waals surface area contributed by atoms with Gasteiger partial charge in [0, 0.05) is 31.6 Å². The number of nitrogens with one attached hydrogen (secondary N) is 1. The molecule has 2 heterocycles. The van der Waals surface area contributed by atoms with Crippen molar-refractivity contribution in [3.8, 4) is 0 Å². The summed E-state index contributed by atoms with van der Waals surface area (Å²) >= 11 is 0. The quantitative estimate of drug-likeness (QED) is 0.716. The van der Waals surface area contributed by atoms with Gasteiger partial charge in [-0.25, -0.2) is 4.79 Å². The Bertz CT molecular complexity index is 722. The molecule has 0 unspecified atom stereocenters. The third kappa shape index (κ3) is 3.38. The summed E-state index contributed by atoms with van der Waals surface area (Å²) in [6.07, 6.45) is 2.39. The molecule has 0 radical (unpaired) electrons. The van der Waals surface area contributed by atoms with Crippen LogP contribution in [0.5, 0.6) is 0 Å². The molecule has 1 aliphatic heterocycles. The maximum Gasteiger partial charge on any atom is 0.404 e. The first-order chi connectivity index (χ1) is 11.6.